The lowest BCUT2D eigenvalue weighted by Gasteiger charge is -2.43. The Hall–Kier alpha value is -0.0301. The number of rotatable bonds is 7. The highest BCUT2D eigenvalue weighted by Crippen LogP contribution is 2.29. The van der Waals surface area contributed by atoms with E-state index in [0.29, 0.717) is 0 Å². The highest BCUT2D eigenvalue weighted by molar-refractivity contribution is 6.18. The average molecular weight is 258 g/mol. The Morgan fingerprint density at radius 2 is 1.17 bits per heavy atom. The van der Waals surface area contributed by atoms with Crippen LogP contribution in [0.25, 0.3) is 0 Å². The first kappa shape index (κ1) is 18.0. The molecule has 0 fully saturated rings. The minimum Gasteiger partial charge on any atom is -0.436 e. The maximum atomic E-state index is 9.98. The topological polar surface area (TPSA) is 47.9 Å². The van der Waals surface area contributed by atoms with Crippen LogP contribution in [0.15, 0.2) is 0 Å². The van der Waals surface area contributed by atoms with Crippen LogP contribution in [0.3, 0.4) is 0 Å². The molecule has 1 N–H and O–H groups in total. The largest absolute Gasteiger partial charge is 0.439 e. The van der Waals surface area contributed by atoms with Crippen molar-refractivity contribution < 1.29 is 19.1 Å². The van der Waals surface area contributed by atoms with Crippen LogP contribution in [0.5, 0.6) is 0 Å². The van der Waals surface area contributed by atoms with Crippen molar-refractivity contribution in [2.75, 3.05) is 0 Å². The Morgan fingerprint density at radius 3 is 1.50 bits per heavy atom. The smallest absolute Gasteiger partial charge is 0.436 e. The van der Waals surface area contributed by atoms with Crippen molar-refractivity contribution in [3.8, 4) is 0 Å². The van der Waals surface area contributed by atoms with Gasteiger partial charge in [-0.3, -0.25) is 0 Å². The third-order valence-corrected chi connectivity index (χ3v) is 4.27. The molecule has 0 bridgehead atoms. The van der Waals surface area contributed by atoms with E-state index in [-0.39, 0.29) is 7.69 Å². The van der Waals surface area contributed by atoms with E-state index < -0.39 is 22.4 Å². The minimum absolute atomic E-state index is 0.108. The lowest BCUT2D eigenvalue weighted by Crippen LogP contribution is -2.52. The van der Waals surface area contributed by atoms with Crippen molar-refractivity contribution in [2.45, 2.75) is 77.8 Å². The quantitative estimate of drug-likeness (QED) is 0.691. The number of hydrogen-bond acceptors (Lipinski definition) is 4. The predicted octanol–water partition coefficient (Wildman–Crippen LogP) is 0.957. The summed E-state index contributed by atoms with van der Waals surface area (Å²) in [6, 6.07) is 0. The molecule has 6 heteroatoms. The molecule has 0 aliphatic rings. The van der Waals surface area contributed by atoms with E-state index in [1.807, 2.05) is 41.5 Å². The van der Waals surface area contributed by atoms with Gasteiger partial charge >= 0.3 is 7.69 Å². The molecule has 0 amide bonds. The highest BCUT2D eigenvalue weighted by Gasteiger charge is 2.40. The van der Waals surface area contributed by atoms with Gasteiger partial charge in [-0.05, 0) is 55.4 Å². The van der Waals surface area contributed by atoms with Crippen LogP contribution in [-0.4, -0.2) is 43.2 Å². The molecule has 4 nitrogen and oxygen atoms in total. The van der Waals surface area contributed by atoms with Crippen molar-refractivity contribution in [3.05, 3.63) is 0 Å². The summed E-state index contributed by atoms with van der Waals surface area (Å²) in [6.45, 7) is 15.0. The van der Waals surface area contributed by atoms with Crippen molar-refractivity contribution in [2.24, 2.45) is 0 Å². The van der Waals surface area contributed by atoms with Crippen LogP contribution in [0.2, 0.25) is 0 Å². The standard InChI is InChI=1S/C12H28B2O4/c1-9(2,15)10(3,4)17-14-18-12(7,8)11(5,6)16-13/h14-15H,13H2,1-8H3. The van der Waals surface area contributed by atoms with E-state index in [2.05, 4.69) is 0 Å². The molecule has 0 aromatic carbocycles. The molecular weight excluding hydrogens is 230 g/mol. The molecule has 0 rings (SSSR count). The first-order valence-corrected chi connectivity index (χ1v) is 6.32. The van der Waals surface area contributed by atoms with Crippen LogP contribution in [0, 0.1) is 0 Å². The summed E-state index contributed by atoms with van der Waals surface area (Å²) < 4.78 is 16.8. The molecule has 0 heterocycles. The van der Waals surface area contributed by atoms with Crippen molar-refractivity contribution in [3.63, 3.8) is 0 Å². The van der Waals surface area contributed by atoms with E-state index >= 15 is 0 Å². The molecule has 0 aromatic heterocycles. The summed E-state index contributed by atoms with van der Waals surface area (Å²) in [5, 5.41) is 9.98. The normalized spacial score (nSPS) is 14.7. The fourth-order valence-corrected chi connectivity index (χ4v) is 0.920. The van der Waals surface area contributed by atoms with Gasteiger partial charge in [-0.15, -0.1) is 0 Å². The number of hydrogen-bond donors (Lipinski definition) is 1. The summed E-state index contributed by atoms with van der Waals surface area (Å²) in [6.07, 6.45) is 0. The first-order valence-electron chi connectivity index (χ1n) is 6.32. The van der Waals surface area contributed by atoms with E-state index in [1.54, 1.807) is 21.9 Å². The number of aliphatic hydroxyl groups is 1. The van der Waals surface area contributed by atoms with Gasteiger partial charge in [0, 0.05) is 0 Å². The summed E-state index contributed by atoms with van der Waals surface area (Å²) in [7, 11) is 1.77. The molecule has 0 spiro atoms. The van der Waals surface area contributed by atoms with E-state index in [0.717, 1.165) is 0 Å². The van der Waals surface area contributed by atoms with E-state index in [9.17, 15) is 5.11 Å². The fourth-order valence-electron chi connectivity index (χ4n) is 0.920. The first-order chi connectivity index (χ1) is 7.77. The SMILES string of the molecule is BOC(C)(C)C(C)(C)OBOC(C)(C)C(C)(C)O. The third-order valence-electron chi connectivity index (χ3n) is 4.27. The lowest BCUT2D eigenvalue weighted by atomic mass is 9.86. The Morgan fingerprint density at radius 1 is 0.778 bits per heavy atom. The zero-order valence-corrected chi connectivity index (χ0v) is 13.4. The second-order valence-electron chi connectivity index (χ2n) is 6.70. The molecule has 0 aromatic rings. The Labute approximate surface area is 113 Å². The monoisotopic (exact) mass is 258 g/mol. The maximum absolute atomic E-state index is 9.98. The van der Waals surface area contributed by atoms with Crippen molar-refractivity contribution >= 4 is 15.7 Å². The van der Waals surface area contributed by atoms with Crippen LogP contribution >= 0.6 is 0 Å². The average Bonchev–Trinajstić information content (AvgIpc) is 2.14. The molecule has 106 valence electrons. The van der Waals surface area contributed by atoms with Gasteiger partial charge in [0.1, 0.15) is 0 Å². The molecule has 0 unspecified atom stereocenters. The zero-order valence-electron chi connectivity index (χ0n) is 13.4. The van der Waals surface area contributed by atoms with Gasteiger partial charge in [-0.1, -0.05) is 0 Å². The van der Waals surface area contributed by atoms with Gasteiger partial charge in [0.25, 0.3) is 8.05 Å². The highest BCUT2D eigenvalue weighted by atomic mass is 16.6. The van der Waals surface area contributed by atoms with Gasteiger partial charge in [0.05, 0.1) is 22.4 Å². The molecule has 0 saturated heterocycles. The van der Waals surface area contributed by atoms with Crippen LogP contribution in [0.1, 0.15) is 55.4 Å². The summed E-state index contributed by atoms with van der Waals surface area (Å²) >= 11 is 0. The lowest BCUT2D eigenvalue weighted by molar-refractivity contribution is -0.120. The van der Waals surface area contributed by atoms with E-state index in [4.69, 9.17) is 14.0 Å². The second-order valence-corrected chi connectivity index (χ2v) is 6.70. The predicted molar refractivity (Wildman–Crippen MR) is 77.5 cm³/mol. The molecule has 0 atom stereocenters. The van der Waals surface area contributed by atoms with Gasteiger partial charge in [-0.25, -0.2) is 0 Å². The Kier molecular flexibility index (Phi) is 5.52. The van der Waals surface area contributed by atoms with Crippen molar-refractivity contribution in [1.82, 2.24) is 0 Å². The zero-order chi connectivity index (χ0) is 14.8. The van der Waals surface area contributed by atoms with Gasteiger partial charge < -0.3 is 19.1 Å². The maximum Gasteiger partial charge on any atom is 0.439 e. The summed E-state index contributed by atoms with van der Waals surface area (Å²) in [4.78, 5) is 0. The second kappa shape index (κ2) is 5.53. The van der Waals surface area contributed by atoms with Gasteiger partial charge in [0.2, 0.25) is 0 Å². The molecular formula is C12H28B2O4. The van der Waals surface area contributed by atoms with Crippen molar-refractivity contribution in [1.29, 1.82) is 0 Å². The molecule has 0 aliphatic heterocycles. The van der Waals surface area contributed by atoms with Gasteiger partial charge in [-0.2, -0.15) is 0 Å². The van der Waals surface area contributed by atoms with Crippen LogP contribution in [0.4, 0.5) is 0 Å². The van der Waals surface area contributed by atoms with Crippen LogP contribution in [-0.2, 0) is 14.0 Å². The molecule has 0 saturated carbocycles. The summed E-state index contributed by atoms with van der Waals surface area (Å²) in [5.74, 6) is 0. The van der Waals surface area contributed by atoms with Crippen LogP contribution < -0.4 is 0 Å². The fraction of sp³-hybridized carbons (Fsp3) is 1.00. The Balaban J connectivity index is 4.45. The minimum atomic E-state index is -0.933. The third kappa shape index (κ3) is 4.26. The van der Waals surface area contributed by atoms with Gasteiger partial charge in [0.15, 0.2) is 0 Å². The molecule has 18 heavy (non-hydrogen) atoms. The molecule has 0 aliphatic carbocycles. The van der Waals surface area contributed by atoms with E-state index in [1.165, 1.54) is 0 Å². The molecule has 0 radical (unpaired) electrons. The summed E-state index contributed by atoms with van der Waals surface area (Å²) in [5.41, 5.74) is -2.52. The Bertz CT molecular complexity index is 270.